The molecule has 0 saturated heterocycles. The Labute approximate surface area is 130 Å². The van der Waals surface area contributed by atoms with Crippen molar-refractivity contribution in [1.29, 1.82) is 0 Å². The molecule has 3 N–H and O–H groups in total. The molecule has 7 nitrogen and oxygen atoms in total. The number of benzene rings is 1. The summed E-state index contributed by atoms with van der Waals surface area (Å²) in [6.45, 7) is 0.499. The number of aliphatic carboxylic acids is 1. The number of carbonyl (C=O) groups is 2. The minimum Gasteiger partial charge on any atom is -0.479 e. The van der Waals surface area contributed by atoms with E-state index >= 15 is 0 Å². The predicted octanol–water partition coefficient (Wildman–Crippen LogP) is 0.177. The van der Waals surface area contributed by atoms with Crippen molar-refractivity contribution in [2.24, 2.45) is 0 Å². The van der Waals surface area contributed by atoms with E-state index in [9.17, 15) is 31.9 Å². The molecule has 0 spiro atoms. The van der Waals surface area contributed by atoms with Crippen molar-refractivity contribution in [2.45, 2.75) is 29.6 Å². The van der Waals surface area contributed by atoms with Gasteiger partial charge in [0.05, 0.1) is 17.9 Å². The highest BCUT2D eigenvalue weighted by molar-refractivity contribution is 7.91. The molecule has 1 unspecified atom stereocenters. The number of alkyl halides is 2. The third-order valence-electron chi connectivity index (χ3n) is 2.94. The molecule has 0 aliphatic rings. The maximum absolute atomic E-state index is 12.4. The fraction of sp³-hybridized carbons (Fsp3) is 0.385. The molecule has 0 aromatic heterocycles. The van der Waals surface area contributed by atoms with E-state index in [1.807, 2.05) is 0 Å². The van der Waals surface area contributed by atoms with Crippen LogP contribution < -0.4 is 5.32 Å². The molecule has 1 rings (SSSR count). The first-order valence-electron chi connectivity index (χ1n) is 6.30. The van der Waals surface area contributed by atoms with Crippen LogP contribution in [0.15, 0.2) is 29.2 Å². The maximum Gasteiger partial charge on any atom is 0.341 e. The van der Waals surface area contributed by atoms with E-state index < -0.39 is 44.5 Å². The Hall–Kier alpha value is -2.07. The first kappa shape index (κ1) is 19.0. The van der Waals surface area contributed by atoms with Gasteiger partial charge >= 0.3 is 11.7 Å². The van der Waals surface area contributed by atoms with Crippen molar-refractivity contribution >= 4 is 21.7 Å². The summed E-state index contributed by atoms with van der Waals surface area (Å²) in [7, 11) is -4.69. The zero-order chi connectivity index (χ0) is 17.8. The zero-order valence-electron chi connectivity index (χ0n) is 12.0. The third kappa shape index (κ3) is 4.96. The molecule has 1 atom stereocenters. The molecule has 0 bridgehead atoms. The van der Waals surface area contributed by atoms with Crippen molar-refractivity contribution in [3.05, 3.63) is 29.8 Å². The highest BCUT2D eigenvalue weighted by atomic mass is 32.2. The zero-order valence-corrected chi connectivity index (χ0v) is 12.8. The predicted molar refractivity (Wildman–Crippen MR) is 74.6 cm³/mol. The maximum atomic E-state index is 12.4. The standard InChI is InChI=1S/C13H15F2NO6S/c1-13(20,11(18)19)7-16-10(17)6-8-2-4-9(5-3-8)23(21,22)12(14)15/h2-5,12,20H,6-7H2,1H3,(H,16,17)(H,18,19). The Kier molecular flexibility index (Phi) is 5.78. The van der Waals surface area contributed by atoms with Crippen LogP contribution in [-0.2, 0) is 25.8 Å². The summed E-state index contributed by atoms with van der Waals surface area (Å²) in [4.78, 5) is 21.7. The lowest BCUT2D eigenvalue weighted by atomic mass is 10.1. The summed E-state index contributed by atoms with van der Waals surface area (Å²) in [5.41, 5.74) is -1.78. The summed E-state index contributed by atoms with van der Waals surface area (Å²) >= 11 is 0. The van der Waals surface area contributed by atoms with Gasteiger partial charge in [0.15, 0.2) is 5.60 Å². The van der Waals surface area contributed by atoms with Crippen LogP contribution in [0.3, 0.4) is 0 Å². The lowest BCUT2D eigenvalue weighted by Crippen LogP contribution is -2.46. The molecular formula is C13H15F2NO6S. The number of sulfone groups is 1. The van der Waals surface area contributed by atoms with E-state index in [2.05, 4.69) is 5.32 Å². The molecule has 0 saturated carbocycles. The molecule has 0 aliphatic heterocycles. The first-order chi connectivity index (χ1) is 10.5. The van der Waals surface area contributed by atoms with Crippen LogP contribution >= 0.6 is 0 Å². The van der Waals surface area contributed by atoms with Crippen molar-refractivity contribution < 1.29 is 37.0 Å². The fourth-order valence-corrected chi connectivity index (χ4v) is 2.22. The molecule has 1 amide bonds. The van der Waals surface area contributed by atoms with Crippen LogP contribution in [-0.4, -0.2) is 48.4 Å². The Morgan fingerprint density at radius 3 is 2.22 bits per heavy atom. The van der Waals surface area contributed by atoms with E-state index in [1.54, 1.807) is 0 Å². The summed E-state index contributed by atoms with van der Waals surface area (Å²) in [5.74, 6) is -5.65. The van der Waals surface area contributed by atoms with Crippen LogP contribution in [0.2, 0.25) is 0 Å². The topological polar surface area (TPSA) is 121 Å². The SMILES string of the molecule is CC(O)(CNC(=O)Cc1ccc(S(=O)(=O)C(F)F)cc1)C(=O)O. The van der Waals surface area contributed by atoms with Gasteiger partial charge in [0.25, 0.3) is 0 Å². The highest BCUT2D eigenvalue weighted by Gasteiger charge is 2.30. The Bertz CT molecular complexity index is 685. The molecule has 128 valence electrons. The first-order valence-corrected chi connectivity index (χ1v) is 7.85. The number of carbonyl (C=O) groups excluding carboxylic acids is 1. The van der Waals surface area contributed by atoms with E-state index in [4.69, 9.17) is 5.11 Å². The molecular weight excluding hydrogens is 336 g/mol. The fourth-order valence-electron chi connectivity index (χ4n) is 1.49. The van der Waals surface area contributed by atoms with Gasteiger partial charge in [0.2, 0.25) is 15.7 Å². The van der Waals surface area contributed by atoms with Crippen LogP contribution in [0.4, 0.5) is 8.78 Å². The summed E-state index contributed by atoms with van der Waals surface area (Å²) in [6.07, 6.45) is -0.231. The van der Waals surface area contributed by atoms with Crippen molar-refractivity contribution in [3.8, 4) is 0 Å². The van der Waals surface area contributed by atoms with Crippen LogP contribution in [0.5, 0.6) is 0 Å². The van der Waals surface area contributed by atoms with Crippen molar-refractivity contribution in [2.75, 3.05) is 6.54 Å². The number of hydrogen-bond acceptors (Lipinski definition) is 5. The molecule has 0 heterocycles. The monoisotopic (exact) mass is 351 g/mol. The van der Waals surface area contributed by atoms with Gasteiger partial charge in [0.1, 0.15) is 0 Å². The summed E-state index contributed by atoms with van der Waals surface area (Å²) in [6, 6.07) is 4.31. The van der Waals surface area contributed by atoms with Gasteiger partial charge in [-0.3, -0.25) is 4.79 Å². The average Bonchev–Trinajstić information content (AvgIpc) is 2.45. The minimum atomic E-state index is -4.69. The lowest BCUT2D eigenvalue weighted by molar-refractivity contribution is -0.156. The van der Waals surface area contributed by atoms with E-state index in [1.165, 1.54) is 12.1 Å². The van der Waals surface area contributed by atoms with Gasteiger partial charge in [-0.15, -0.1) is 0 Å². The molecule has 0 radical (unpaired) electrons. The van der Waals surface area contributed by atoms with Gasteiger partial charge in [-0.2, -0.15) is 8.78 Å². The second-order valence-electron chi connectivity index (χ2n) is 4.98. The van der Waals surface area contributed by atoms with E-state index in [-0.39, 0.29) is 6.42 Å². The lowest BCUT2D eigenvalue weighted by Gasteiger charge is -2.18. The summed E-state index contributed by atoms with van der Waals surface area (Å²) in [5, 5.41) is 20.3. The molecule has 1 aromatic carbocycles. The molecule has 0 fully saturated rings. The van der Waals surface area contributed by atoms with E-state index in [0.29, 0.717) is 5.56 Å². The molecule has 1 aromatic rings. The number of carboxylic acids is 1. The van der Waals surface area contributed by atoms with Gasteiger partial charge < -0.3 is 15.5 Å². The Morgan fingerprint density at radius 1 is 1.26 bits per heavy atom. The van der Waals surface area contributed by atoms with Gasteiger partial charge in [-0.1, -0.05) is 12.1 Å². The summed E-state index contributed by atoms with van der Waals surface area (Å²) < 4.78 is 47.2. The highest BCUT2D eigenvalue weighted by Crippen LogP contribution is 2.18. The number of nitrogens with one attached hydrogen (secondary N) is 1. The number of aliphatic hydroxyl groups is 1. The molecule has 10 heteroatoms. The third-order valence-corrected chi connectivity index (χ3v) is 4.34. The van der Waals surface area contributed by atoms with Crippen molar-refractivity contribution in [3.63, 3.8) is 0 Å². The average molecular weight is 351 g/mol. The van der Waals surface area contributed by atoms with Crippen LogP contribution in [0.25, 0.3) is 0 Å². The number of rotatable bonds is 7. The quantitative estimate of drug-likeness (QED) is 0.644. The van der Waals surface area contributed by atoms with Crippen molar-refractivity contribution in [1.82, 2.24) is 5.32 Å². The molecule has 0 aliphatic carbocycles. The Morgan fingerprint density at radius 2 is 1.78 bits per heavy atom. The number of halogens is 2. The smallest absolute Gasteiger partial charge is 0.341 e. The Balaban J connectivity index is 2.69. The largest absolute Gasteiger partial charge is 0.479 e. The van der Waals surface area contributed by atoms with Gasteiger partial charge in [0, 0.05) is 0 Å². The number of carboxylic acid groups (broad SMARTS) is 1. The second kappa shape index (κ2) is 7.01. The van der Waals surface area contributed by atoms with Gasteiger partial charge in [-0.25, -0.2) is 13.2 Å². The van der Waals surface area contributed by atoms with Gasteiger partial charge in [-0.05, 0) is 24.6 Å². The van der Waals surface area contributed by atoms with E-state index in [0.717, 1.165) is 19.1 Å². The second-order valence-corrected chi connectivity index (χ2v) is 6.90. The van der Waals surface area contributed by atoms with Crippen LogP contribution in [0, 0.1) is 0 Å². The number of hydrogen-bond donors (Lipinski definition) is 3. The normalized spacial score (nSPS) is 14.3. The number of amides is 1. The molecule has 23 heavy (non-hydrogen) atoms. The minimum absolute atomic E-state index is 0.231. The van der Waals surface area contributed by atoms with Crippen LogP contribution in [0.1, 0.15) is 12.5 Å².